The van der Waals surface area contributed by atoms with Crippen LogP contribution in [0.3, 0.4) is 0 Å². The number of carbonyl (C=O) groups excluding carboxylic acids is 1. The van der Waals surface area contributed by atoms with Crippen LogP contribution in [-0.2, 0) is 4.74 Å². The van der Waals surface area contributed by atoms with Crippen LogP contribution in [-0.4, -0.2) is 43.1 Å². The summed E-state index contributed by atoms with van der Waals surface area (Å²) in [6.07, 6.45) is 4.37. The highest BCUT2D eigenvalue weighted by atomic mass is 16.5. The number of hydrogen-bond donors (Lipinski definition) is 1. The smallest absolute Gasteiger partial charge is 0.338 e. The third-order valence-electron chi connectivity index (χ3n) is 3.71. The molecule has 5 heteroatoms. The maximum Gasteiger partial charge on any atom is 0.338 e. The number of carbonyl (C=O) groups is 1. The van der Waals surface area contributed by atoms with Gasteiger partial charge in [0.1, 0.15) is 0 Å². The molecular formula is C20H33N3O2. The molecule has 0 saturated carbocycles. The van der Waals surface area contributed by atoms with Crippen LogP contribution in [0.5, 0.6) is 0 Å². The summed E-state index contributed by atoms with van der Waals surface area (Å²) in [5, 5.41) is 3.43. The van der Waals surface area contributed by atoms with Crippen LogP contribution in [0.25, 0.3) is 0 Å². The number of unbranched alkanes of at least 4 members (excludes halogenated alkanes) is 1. The SMILES string of the molecule is CCCCN=C(Nc1ccc(C(=O)OCC)cc1)N(CCC)CCC. The van der Waals surface area contributed by atoms with Crippen molar-refractivity contribution < 1.29 is 9.53 Å². The number of anilines is 1. The number of ether oxygens (including phenoxy) is 1. The zero-order valence-corrected chi connectivity index (χ0v) is 16.2. The Labute approximate surface area is 152 Å². The molecule has 0 heterocycles. The monoisotopic (exact) mass is 347 g/mol. The van der Waals surface area contributed by atoms with E-state index in [-0.39, 0.29) is 5.97 Å². The highest BCUT2D eigenvalue weighted by Gasteiger charge is 2.11. The van der Waals surface area contributed by atoms with Gasteiger partial charge in [0, 0.05) is 25.3 Å². The summed E-state index contributed by atoms with van der Waals surface area (Å²) in [7, 11) is 0. The lowest BCUT2D eigenvalue weighted by Gasteiger charge is -2.26. The molecule has 1 N–H and O–H groups in total. The van der Waals surface area contributed by atoms with Gasteiger partial charge in [0.2, 0.25) is 0 Å². The molecule has 0 unspecified atom stereocenters. The van der Waals surface area contributed by atoms with E-state index in [9.17, 15) is 4.79 Å². The van der Waals surface area contributed by atoms with Crippen molar-refractivity contribution in [3.8, 4) is 0 Å². The highest BCUT2D eigenvalue weighted by Crippen LogP contribution is 2.12. The first-order valence-electron chi connectivity index (χ1n) is 9.49. The molecule has 0 spiro atoms. The third-order valence-corrected chi connectivity index (χ3v) is 3.71. The second-order valence-electron chi connectivity index (χ2n) is 5.97. The Hall–Kier alpha value is -2.04. The first kappa shape index (κ1) is 21.0. The number of nitrogens with zero attached hydrogens (tertiary/aromatic N) is 2. The van der Waals surface area contributed by atoms with Crippen molar-refractivity contribution in [2.24, 2.45) is 4.99 Å². The quantitative estimate of drug-likeness (QED) is 0.292. The van der Waals surface area contributed by atoms with Crippen molar-refractivity contribution in [3.05, 3.63) is 29.8 Å². The molecule has 0 aromatic heterocycles. The van der Waals surface area contributed by atoms with Crippen LogP contribution in [0.1, 0.15) is 63.7 Å². The van der Waals surface area contributed by atoms with E-state index in [1.165, 1.54) is 0 Å². The van der Waals surface area contributed by atoms with Crippen LogP contribution in [0.4, 0.5) is 5.69 Å². The largest absolute Gasteiger partial charge is 0.462 e. The summed E-state index contributed by atoms with van der Waals surface area (Å²) in [4.78, 5) is 18.8. The highest BCUT2D eigenvalue weighted by molar-refractivity contribution is 5.95. The number of guanidine groups is 1. The fourth-order valence-corrected chi connectivity index (χ4v) is 2.46. The predicted octanol–water partition coefficient (Wildman–Crippen LogP) is 4.55. The van der Waals surface area contributed by atoms with Gasteiger partial charge in [-0.3, -0.25) is 4.99 Å². The number of nitrogens with one attached hydrogen (secondary N) is 1. The van der Waals surface area contributed by atoms with Crippen LogP contribution in [0, 0.1) is 0 Å². The van der Waals surface area contributed by atoms with Crippen LogP contribution >= 0.6 is 0 Å². The average Bonchev–Trinajstić information content (AvgIpc) is 2.61. The summed E-state index contributed by atoms with van der Waals surface area (Å²) in [6, 6.07) is 7.37. The fraction of sp³-hybridized carbons (Fsp3) is 0.600. The van der Waals surface area contributed by atoms with Crippen molar-refractivity contribution in [2.45, 2.75) is 53.4 Å². The van der Waals surface area contributed by atoms with Gasteiger partial charge in [0.15, 0.2) is 5.96 Å². The van der Waals surface area contributed by atoms with Crippen molar-refractivity contribution in [1.29, 1.82) is 0 Å². The van der Waals surface area contributed by atoms with E-state index in [0.717, 1.165) is 57.0 Å². The molecule has 0 aliphatic carbocycles. The number of rotatable bonds is 10. The van der Waals surface area contributed by atoms with Crippen LogP contribution in [0.2, 0.25) is 0 Å². The van der Waals surface area contributed by atoms with Gasteiger partial charge < -0.3 is 15.0 Å². The van der Waals surface area contributed by atoms with Gasteiger partial charge in [-0.2, -0.15) is 0 Å². The molecule has 0 radical (unpaired) electrons. The summed E-state index contributed by atoms with van der Waals surface area (Å²) in [5.74, 6) is 0.630. The number of benzene rings is 1. The Morgan fingerprint density at radius 1 is 1.04 bits per heavy atom. The molecular weight excluding hydrogens is 314 g/mol. The molecule has 0 fully saturated rings. The maximum atomic E-state index is 11.8. The van der Waals surface area contributed by atoms with Gasteiger partial charge in [-0.1, -0.05) is 27.2 Å². The van der Waals surface area contributed by atoms with Gasteiger partial charge >= 0.3 is 5.97 Å². The topological polar surface area (TPSA) is 53.9 Å². The lowest BCUT2D eigenvalue weighted by Crippen LogP contribution is -2.38. The van der Waals surface area contributed by atoms with E-state index >= 15 is 0 Å². The zero-order chi connectivity index (χ0) is 18.5. The van der Waals surface area contributed by atoms with Crippen LogP contribution < -0.4 is 5.32 Å². The minimum Gasteiger partial charge on any atom is -0.462 e. The zero-order valence-electron chi connectivity index (χ0n) is 16.2. The van der Waals surface area contributed by atoms with Gasteiger partial charge in [-0.25, -0.2) is 4.79 Å². The minimum absolute atomic E-state index is 0.288. The van der Waals surface area contributed by atoms with Crippen molar-refractivity contribution in [3.63, 3.8) is 0 Å². The van der Waals surface area contributed by atoms with Crippen molar-refractivity contribution >= 4 is 17.6 Å². The van der Waals surface area contributed by atoms with E-state index in [2.05, 4.69) is 31.0 Å². The first-order chi connectivity index (χ1) is 12.2. The first-order valence-corrected chi connectivity index (χ1v) is 9.49. The van der Waals surface area contributed by atoms with Gasteiger partial charge in [-0.05, 0) is 50.5 Å². The van der Waals surface area contributed by atoms with E-state index in [1.54, 1.807) is 12.1 Å². The van der Waals surface area contributed by atoms with E-state index in [0.29, 0.717) is 12.2 Å². The van der Waals surface area contributed by atoms with E-state index in [4.69, 9.17) is 9.73 Å². The van der Waals surface area contributed by atoms with Gasteiger partial charge in [0.25, 0.3) is 0 Å². The number of hydrogen-bond acceptors (Lipinski definition) is 3. The Balaban J connectivity index is 2.88. The van der Waals surface area contributed by atoms with E-state index in [1.807, 2.05) is 19.1 Å². The van der Waals surface area contributed by atoms with Gasteiger partial charge in [-0.15, -0.1) is 0 Å². The van der Waals surface area contributed by atoms with E-state index < -0.39 is 0 Å². The van der Waals surface area contributed by atoms with Crippen molar-refractivity contribution in [1.82, 2.24) is 4.90 Å². The molecule has 0 aliphatic heterocycles. The second kappa shape index (κ2) is 12.3. The third kappa shape index (κ3) is 7.59. The second-order valence-corrected chi connectivity index (χ2v) is 5.97. The summed E-state index contributed by atoms with van der Waals surface area (Å²) in [6.45, 7) is 11.5. The molecule has 5 nitrogen and oxygen atoms in total. The molecule has 0 atom stereocenters. The molecule has 1 rings (SSSR count). The number of esters is 1. The lowest BCUT2D eigenvalue weighted by atomic mass is 10.2. The predicted molar refractivity (Wildman–Crippen MR) is 105 cm³/mol. The van der Waals surface area contributed by atoms with Gasteiger partial charge in [0.05, 0.1) is 12.2 Å². The summed E-state index contributed by atoms with van der Waals surface area (Å²) in [5.41, 5.74) is 1.50. The molecule has 0 aliphatic rings. The Morgan fingerprint density at radius 3 is 2.20 bits per heavy atom. The Morgan fingerprint density at radius 2 is 1.68 bits per heavy atom. The molecule has 0 saturated heterocycles. The molecule has 0 amide bonds. The minimum atomic E-state index is -0.288. The fourth-order valence-electron chi connectivity index (χ4n) is 2.46. The molecule has 25 heavy (non-hydrogen) atoms. The van der Waals surface area contributed by atoms with Crippen LogP contribution in [0.15, 0.2) is 29.3 Å². The maximum absolute atomic E-state index is 11.8. The molecule has 1 aromatic rings. The molecule has 140 valence electrons. The standard InChI is InChI=1S/C20H33N3O2/c1-5-9-14-21-20(23(15-6-2)16-7-3)22-18-12-10-17(11-13-18)19(24)25-8-4/h10-13H,5-9,14-16H2,1-4H3,(H,21,22). The van der Waals surface area contributed by atoms with Crippen molar-refractivity contribution in [2.75, 3.05) is 31.6 Å². The lowest BCUT2D eigenvalue weighted by molar-refractivity contribution is 0.0526. The summed E-state index contributed by atoms with van der Waals surface area (Å²) >= 11 is 0. The molecule has 0 bridgehead atoms. The Kier molecular flexibility index (Phi) is 10.4. The average molecular weight is 348 g/mol. The molecule has 1 aromatic carbocycles. The normalized spacial score (nSPS) is 11.3. The number of aliphatic imine (C=N–C) groups is 1. The Bertz CT molecular complexity index is 520. The summed E-state index contributed by atoms with van der Waals surface area (Å²) < 4.78 is 5.03.